The lowest BCUT2D eigenvalue weighted by Crippen LogP contribution is -2.50. The molecule has 2 aromatic rings. The molecule has 1 atom stereocenters. The fourth-order valence-corrected chi connectivity index (χ4v) is 3.68. The summed E-state index contributed by atoms with van der Waals surface area (Å²) in [4.78, 5) is 39.4. The number of hydrogen-bond donors (Lipinski definition) is 2. The van der Waals surface area contributed by atoms with Crippen LogP contribution in [0.3, 0.4) is 0 Å². The zero-order valence-corrected chi connectivity index (χ0v) is 18.7. The summed E-state index contributed by atoms with van der Waals surface area (Å²) in [6, 6.07) is 15.3. The van der Waals surface area contributed by atoms with Crippen molar-refractivity contribution in [1.29, 1.82) is 0 Å². The Bertz CT molecular complexity index is 952. The van der Waals surface area contributed by atoms with E-state index in [4.69, 9.17) is 12.2 Å². The van der Waals surface area contributed by atoms with E-state index in [1.54, 1.807) is 31.2 Å². The third-order valence-corrected chi connectivity index (χ3v) is 5.51. The summed E-state index contributed by atoms with van der Waals surface area (Å²) in [5.74, 6) is -1.03. The van der Waals surface area contributed by atoms with Crippen LogP contribution in [0.4, 0.5) is 0 Å². The molecule has 0 bridgehead atoms. The van der Waals surface area contributed by atoms with Gasteiger partial charge in [0.1, 0.15) is 6.04 Å². The average molecular weight is 489 g/mol. The lowest BCUT2D eigenvalue weighted by atomic mass is 10.1. The molecule has 0 aliphatic carbocycles. The number of benzene rings is 2. The van der Waals surface area contributed by atoms with Gasteiger partial charge >= 0.3 is 0 Å². The van der Waals surface area contributed by atoms with Crippen molar-refractivity contribution in [2.24, 2.45) is 0 Å². The van der Waals surface area contributed by atoms with Gasteiger partial charge in [0, 0.05) is 16.6 Å². The molecule has 1 saturated heterocycles. The summed E-state index contributed by atoms with van der Waals surface area (Å²) in [5.41, 5.74) is 4.01. The molecule has 30 heavy (non-hydrogen) atoms. The number of halogens is 1. The molecule has 0 saturated carbocycles. The Hall–Kier alpha value is -2.78. The highest BCUT2D eigenvalue weighted by atomic mass is 79.9. The summed E-state index contributed by atoms with van der Waals surface area (Å²) in [6.07, 6.45) is -0.112. The molecule has 156 valence electrons. The Morgan fingerprint density at radius 2 is 1.77 bits per heavy atom. The maximum absolute atomic E-state index is 13.1. The second kappa shape index (κ2) is 9.82. The van der Waals surface area contributed by atoms with Crippen LogP contribution in [0, 0.1) is 0 Å². The molecule has 3 rings (SSSR count). The Morgan fingerprint density at radius 1 is 1.10 bits per heavy atom. The topological polar surface area (TPSA) is 81.8 Å². The predicted molar refractivity (Wildman–Crippen MR) is 120 cm³/mol. The van der Waals surface area contributed by atoms with Crippen LogP contribution in [0.25, 0.3) is 0 Å². The van der Waals surface area contributed by atoms with Crippen LogP contribution < -0.4 is 10.7 Å². The standard InChI is InChI=1S/C21H21BrN4O3S/c1-2-23-18(27)12-17-20(29)25(13-14-6-4-3-5-7-14)21(30)26(17)24-19(28)15-8-10-16(22)11-9-15/h3-11,17H,2,12-13H2,1H3,(H,23,27)(H,24,28)/t17-/m0/s1. The third-order valence-electron chi connectivity index (χ3n) is 4.56. The molecule has 9 heteroatoms. The number of amides is 3. The minimum Gasteiger partial charge on any atom is -0.356 e. The Labute approximate surface area is 188 Å². The van der Waals surface area contributed by atoms with Gasteiger partial charge in [-0.2, -0.15) is 0 Å². The van der Waals surface area contributed by atoms with Crippen LogP contribution in [-0.4, -0.2) is 45.3 Å². The van der Waals surface area contributed by atoms with E-state index in [0.717, 1.165) is 10.0 Å². The molecular formula is C21H21BrN4O3S. The molecule has 1 heterocycles. The van der Waals surface area contributed by atoms with Crippen molar-refractivity contribution in [2.45, 2.75) is 25.9 Å². The van der Waals surface area contributed by atoms with Gasteiger partial charge in [-0.3, -0.25) is 24.7 Å². The number of thiocarbonyl (C=S) groups is 1. The first-order valence-electron chi connectivity index (χ1n) is 9.42. The monoisotopic (exact) mass is 488 g/mol. The number of nitrogens with zero attached hydrogens (tertiary/aromatic N) is 2. The molecule has 7 nitrogen and oxygen atoms in total. The van der Waals surface area contributed by atoms with Gasteiger partial charge in [0.25, 0.3) is 11.8 Å². The Morgan fingerprint density at radius 3 is 2.40 bits per heavy atom. The zero-order valence-electron chi connectivity index (χ0n) is 16.3. The summed E-state index contributed by atoms with van der Waals surface area (Å²) < 4.78 is 0.842. The van der Waals surface area contributed by atoms with Crippen molar-refractivity contribution in [3.63, 3.8) is 0 Å². The van der Waals surface area contributed by atoms with E-state index in [1.807, 2.05) is 30.3 Å². The normalized spacial score (nSPS) is 16.0. The van der Waals surface area contributed by atoms with Gasteiger partial charge < -0.3 is 5.32 Å². The maximum atomic E-state index is 13.1. The molecule has 0 spiro atoms. The predicted octanol–water partition coefficient (Wildman–Crippen LogP) is 2.62. The zero-order chi connectivity index (χ0) is 21.7. The van der Waals surface area contributed by atoms with Crippen molar-refractivity contribution in [3.05, 3.63) is 70.2 Å². The van der Waals surface area contributed by atoms with Gasteiger partial charge in [-0.05, 0) is 49.0 Å². The Balaban J connectivity index is 1.83. The first kappa shape index (κ1) is 21.9. The lowest BCUT2D eigenvalue weighted by Gasteiger charge is -2.24. The number of carbonyl (C=O) groups is 3. The van der Waals surface area contributed by atoms with Crippen LogP contribution in [0.15, 0.2) is 59.1 Å². The summed E-state index contributed by atoms with van der Waals surface area (Å²) in [5, 5.41) is 4.16. The minimum absolute atomic E-state index is 0.112. The van der Waals surface area contributed by atoms with Gasteiger partial charge in [0.05, 0.1) is 13.0 Å². The maximum Gasteiger partial charge on any atom is 0.269 e. The number of carbonyl (C=O) groups excluding carboxylic acids is 3. The molecule has 1 aliphatic rings. The van der Waals surface area contributed by atoms with Crippen LogP contribution >= 0.6 is 28.1 Å². The fourth-order valence-electron chi connectivity index (χ4n) is 3.08. The van der Waals surface area contributed by atoms with Gasteiger partial charge in [0.15, 0.2) is 5.11 Å². The highest BCUT2D eigenvalue weighted by molar-refractivity contribution is 9.10. The molecule has 2 aromatic carbocycles. The van der Waals surface area contributed by atoms with E-state index in [0.29, 0.717) is 12.1 Å². The van der Waals surface area contributed by atoms with Crippen LogP contribution in [0.1, 0.15) is 29.3 Å². The highest BCUT2D eigenvalue weighted by Gasteiger charge is 2.44. The molecule has 2 N–H and O–H groups in total. The molecule has 0 unspecified atom stereocenters. The Kier molecular flexibility index (Phi) is 7.17. The molecule has 1 fully saturated rings. The van der Waals surface area contributed by atoms with Crippen LogP contribution in [0.5, 0.6) is 0 Å². The largest absolute Gasteiger partial charge is 0.356 e. The molecule has 1 aliphatic heterocycles. The average Bonchev–Trinajstić information content (AvgIpc) is 2.94. The number of nitrogens with one attached hydrogen (secondary N) is 2. The van der Waals surface area contributed by atoms with E-state index in [-0.39, 0.29) is 29.9 Å². The fraction of sp³-hybridized carbons (Fsp3) is 0.238. The van der Waals surface area contributed by atoms with E-state index in [2.05, 4.69) is 26.7 Å². The van der Waals surface area contributed by atoms with Crippen LogP contribution in [0.2, 0.25) is 0 Å². The second-order valence-corrected chi connectivity index (χ2v) is 7.96. The molecule has 3 amide bonds. The van der Waals surface area contributed by atoms with Crippen molar-refractivity contribution < 1.29 is 14.4 Å². The van der Waals surface area contributed by atoms with Crippen molar-refractivity contribution in [1.82, 2.24) is 20.7 Å². The molecule has 0 radical (unpaired) electrons. The molecular weight excluding hydrogens is 468 g/mol. The summed E-state index contributed by atoms with van der Waals surface area (Å²) in [7, 11) is 0. The van der Waals surface area contributed by atoms with Gasteiger partial charge in [-0.1, -0.05) is 46.3 Å². The SMILES string of the molecule is CCNC(=O)C[C@H]1C(=O)N(Cc2ccccc2)C(=S)N1NC(=O)c1ccc(Br)cc1. The summed E-state index contributed by atoms with van der Waals surface area (Å²) >= 11 is 8.83. The van der Waals surface area contributed by atoms with Gasteiger partial charge in [-0.15, -0.1) is 0 Å². The smallest absolute Gasteiger partial charge is 0.269 e. The van der Waals surface area contributed by atoms with Crippen molar-refractivity contribution >= 4 is 51.0 Å². The molecule has 0 aromatic heterocycles. The number of hydrazine groups is 1. The van der Waals surface area contributed by atoms with Gasteiger partial charge in [-0.25, -0.2) is 5.01 Å². The minimum atomic E-state index is -0.910. The van der Waals surface area contributed by atoms with E-state index in [1.165, 1.54) is 9.91 Å². The van der Waals surface area contributed by atoms with Crippen molar-refractivity contribution in [3.8, 4) is 0 Å². The van der Waals surface area contributed by atoms with Crippen molar-refractivity contribution in [2.75, 3.05) is 6.54 Å². The van der Waals surface area contributed by atoms with Crippen LogP contribution in [-0.2, 0) is 16.1 Å². The van der Waals surface area contributed by atoms with E-state index in [9.17, 15) is 14.4 Å². The second-order valence-electron chi connectivity index (χ2n) is 6.68. The number of hydrogen-bond acceptors (Lipinski definition) is 4. The third kappa shape index (κ3) is 5.03. The van der Waals surface area contributed by atoms with E-state index < -0.39 is 11.9 Å². The first-order chi connectivity index (χ1) is 14.4. The first-order valence-corrected chi connectivity index (χ1v) is 10.6. The van der Waals surface area contributed by atoms with Gasteiger partial charge in [0.2, 0.25) is 5.91 Å². The summed E-state index contributed by atoms with van der Waals surface area (Å²) in [6.45, 7) is 2.51. The van der Waals surface area contributed by atoms with E-state index >= 15 is 0 Å². The quantitative estimate of drug-likeness (QED) is 0.585. The highest BCUT2D eigenvalue weighted by Crippen LogP contribution is 2.22. The lowest BCUT2D eigenvalue weighted by molar-refractivity contribution is -0.132. The number of rotatable bonds is 7.